The van der Waals surface area contributed by atoms with Crippen LogP contribution < -0.4 is 5.32 Å². The van der Waals surface area contributed by atoms with Gasteiger partial charge in [0.1, 0.15) is 0 Å². The Kier molecular flexibility index (Phi) is 7.22. The average molecular weight is 383 g/mol. The van der Waals surface area contributed by atoms with Gasteiger partial charge in [0.05, 0.1) is 0 Å². The Balaban J connectivity index is 2.18. The van der Waals surface area contributed by atoms with Crippen molar-refractivity contribution < 1.29 is 9.59 Å². The van der Waals surface area contributed by atoms with Gasteiger partial charge in [-0.2, -0.15) is 0 Å². The van der Waals surface area contributed by atoms with Crippen molar-refractivity contribution in [3.05, 3.63) is 59.0 Å². The molecule has 1 aliphatic heterocycles. The van der Waals surface area contributed by atoms with Crippen molar-refractivity contribution in [1.82, 2.24) is 10.2 Å². The Bertz CT molecular complexity index is 778. The van der Waals surface area contributed by atoms with Gasteiger partial charge < -0.3 is 5.32 Å². The second kappa shape index (κ2) is 9.22. The quantitative estimate of drug-likeness (QED) is 0.689. The van der Waals surface area contributed by atoms with Crippen LogP contribution in [0.5, 0.6) is 0 Å². The molecule has 0 spiro atoms. The lowest BCUT2D eigenvalue weighted by Crippen LogP contribution is -2.35. The molecule has 1 N–H and O–H groups in total. The molecule has 0 aromatic rings. The van der Waals surface area contributed by atoms with Gasteiger partial charge in [0.25, 0.3) is 0 Å². The third-order valence-corrected chi connectivity index (χ3v) is 5.94. The number of carbonyl (C=O) groups excluding carboxylic acids is 2. The summed E-state index contributed by atoms with van der Waals surface area (Å²) in [6.45, 7) is 14.5. The highest BCUT2D eigenvalue weighted by molar-refractivity contribution is 5.88. The van der Waals surface area contributed by atoms with E-state index in [1.165, 1.54) is 11.1 Å². The predicted molar refractivity (Wildman–Crippen MR) is 115 cm³/mol. The summed E-state index contributed by atoms with van der Waals surface area (Å²) >= 11 is 0. The molecule has 2 fully saturated rings. The Hall–Kier alpha value is -2.36. The lowest BCUT2D eigenvalue weighted by atomic mass is 9.74. The Morgan fingerprint density at radius 3 is 2.18 bits per heavy atom. The Morgan fingerprint density at radius 1 is 1.00 bits per heavy atom. The van der Waals surface area contributed by atoms with Crippen molar-refractivity contribution in [2.24, 2.45) is 17.8 Å². The SMILES string of the molecule is C=C1C2CCC(C(=O)NC)CC2C(=O)N1/C(C)=C/C=C(C)/C(C)=C/C=C(C)C. The van der Waals surface area contributed by atoms with E-state index in [4.69, 9.17) is 0 Å². The highest BCUT2D eigenvalue weighted by atomic mass is 16.2. The van der Waals surface area contributed by atoms with E-state index in [1.807, 2.05) is 13.0 Å². The molecule has 0 aromatic carbocycles. The molecule has 2 aliphatic rings. The molecule has 4 heteroatoms. The minimum absolute atomic E-state index is 0.0414. The van der Waals surface area contributed by atoms with Crippen molar-refractivity contribution in [2.75, 3.05) is 7.05 Å². The first-order valence-electron chi connectivity index (χ1n) is 10.1. The first-order valence-corrected chi connectivity index (χ1v) is 10.1. The van der Waals surface area contributed by atoms with E-state index < -0.39 is 0 Å². The summed E-state index contributed by atoms with van der Waals surface area (Å²) in [6.07, 6.45) is 10.5. The number of amides is 2. The fourth-order valence-electron chi connectivity index (χ4n) is 4.03. The van der Waals surface area contributed by atoms with Crippen LogP contribution in [0.15, 0.2) is 59.0 Å². The van der Waals surface area contributed by atoms with Gasteiger partial charge >= 0.3 is 0 Å². The topological polar surface area (TPSA) is 49.4 Å². The third-order valence-electron chi connectivity index (χ3n) is 5.94. The summed E-state index contributed by atoms with van der Waals surface area (Å²) in [4.78, 5) is 26.8. The fraction of sp³-hybridized carbons (Fsp3) is 0.500. The number of rotatable bonds is 5. The van der Waals surface area contributed by atoms with Crippen molar-refractivity contribution in [3.8, 4) is 0 Å². The van der Waals surface area contributed by atoms with E-state index in [-0.39, 0.29) is 29.6 Å². The lowest BCUT2D eigenvalue weighted by Gasteiger charge is -2.28. The molecule has 2 rings (SSSR count). The highest BCUT2D eigenvalue weighted by Crippen LogP contribution is 2.46. The van der Waals surface area contributed by atoms with E-state index >= 15 is 0 Å². The molecule has 3 atom stereocenters. The zero-order valence-corrected chi connectivity index (χ0v) is 18.1. The van der Waals surface area contributed by atoms with E-state index in [0.717, 1.165) is 29.8 Å². The molecule has 1 aliphatic carbocycles. The zero-order valence-electron chi connectivity index (χ0n) is 18.1. The molecule has 1 heterocycles. The molecule has 0 aromatic heterocycles. The van der Waals surface area contributed by atoms with Crippen LogP contribution in [0.25, 0.3) is 0 Å². The summed E-state index contributed by atoms with van der Waals surface area (Å²) in [6, 6.07) is 0. The highest BCUT2D eigenvalue weighted by Gasteiger charge is 2.48. The van der Waals surface area contributed by atoms with Gasteiger partial charge in [-0.25, -0.2) is 0 Å². The number of allylic oxidation sites excluding steroid dienone is 9. The van der Waals surface area contributed by atoms with E-state index in [0.29, 0.717) is 6.42 Å². The Labute approximate surface area is 169 Å². The maximum absolute atomic E-state index is 13.1. The first-order chi connectivity index (χ1) is 13.2. The molecule has 152 valence electrons. The van der Waals surface area contributed by atoms with E-state index in [1.54, 1.807) is 11.9 Å². The smallest absolute Gasteiger partial charge is 0.234 e. The van der Waals surface area contributed by atoms with Gasteiger partial charge in [-0.3, -0.25) is 14.5 Å². The van der Waals surface area contributed by atoms with Crippen LogP contribution in [0.1, 0.15) is 53.9 Å². The van der Waals surface area contributed by atoms with Crippen LogP contribution in [0.4, 0.5) is 0 Å². The molecule has 1 saturated heterocycles. The summed E-state index contributed by atoms with van der Waals surface area (Å²) < 4.78 is 0. The number of likely N-dealkylation sites (tertiary alicyclic amines) is 1. The largest absolute Gasteiger partial charge is 0.359 e. The van der Waals surface area contributed by atoms with Crippen LogP contribution in [-0.4, -0.2) is 23.8 Å². The molecular formula is C24H34N2O2. The van der Waals surface area contributed by atoms with Crippen molar-refractivity contribution in [1.29, 1.82) is 0 Å². The summed E-state index contributed by atoms with van der Waals surface area (Å²) in [5.74, 6) is 0.0784. The van der Waals surface area contributed by atoms with Crippen molar-refractivity contribution in [2.45, 2.75) is 53.9 Å². The van der Waals surface area contributed by atoms with Crippen molar-refractivity contribution in [3.63, 3.8) is 0 Å². The molecule has 2 amide bonds. The minimum atomic E-state index is -0.128. The number of hydrogen-bond acceptors (Lipinski definition) is 2. The van der Waals surface area contributed by atoms with Gasteiger partial charge in [0.2, 0.25) is 11.8 Å². The normalized spacial score (nSPS) is 26.3. The molecular weight excluding hydrogens is 348 g/mol. The molecule has 3 unspecified atom stereocenters. The van der Waals surface area contributed by atoms with Crippen LogP contribution in [0.2, 0.25) is 0 Å². The molecule has 28 heavy (non-hydrogen) atoms. The molecule has 0 bridgehead atoms. The fourth-order valence-corrected chi connectivity index (χ4v) is 4.03. The number of hydrogen-bond donors (Lipinski definition) is 1. The molecule has 4 nitrogen and oxygen atoms in total. The second-order valence-electron chi connectivity index (χ2n) is 8.25. The summed E-state index contributed by atoms with van der Waals surface area (Å²) in [5, 5.41) is 2.72. The predicted octanol–water partition coefficient (Wildman–Crippen LogP) is 4.88. The zero-order chi connectivity index (χ0) is 21.0. The Morgan fingerprint density at radius 2 is 1.61 bits per heavy atom. The van der Waals surface area contributed by atoms with E-state index in [2.05, 4.69) is 57.8 Å². The van der Waals surface area contributed by atoms with Gasteiger partial charge in [0, 0.05) is 36.2 Å². The maximum atomic E-state index is 13.1. The standard InChI is InChI=1S/C24H34N2O2/c1-15(2)8-9-16(3)17(4)10-11-18(5)26-19(6)21-13-12-20(23(27)25-7)14-22(21)24(26)28/h8-11,20-22H,6,12-14H2,1-5,7H3,(H,25,27)/b16-9+,17-10+,18-11+. The lowest BCUT2D eigenvalue weighted by molar-refractivity contribution is -0.132. The monoisotopic (exact) mass is 382 g/mol. The summed E-state index contributed by atoms with van der Waals surface area (Å²) in [5.41, 5.74) is 5.37. The van der Waals surface area contributed by atoms with Gasteiger partial charge in [0.15, 0.2) is 0 Å². The van der Waals surface area contributed by atoms with Crippen LogP contribution in [0.3, 0.4) is 0 Å². The number of carbonyl (C=O) groups is 2. The van der Waals surface area contributed by atoms with E-state index in [9.17, 15) is 9.59 Å². The second-order valence-corrected chi connectivity index (χ2v) is 8.25. The third kappa shape index (κ3) is 4.73. The number of fused-ring (bicyclic) bond motifs is 1. The molecule has 1 saturated carbocycles. The molecule has 0 radical (unpaired) electrons. The van der Waals surface area contributed by atoms with Crippen molar-refractivity contribution >= 4 is 11.8 Å². The average Bonchev–Trinajstić information content (AvgIpc) is 2.93. The maximum Gasteiger partial charge on any atom is 0.234 e. The summed E-state index contributed by atoms with van der Waals surface area (Å²) in [7, 11) is 1.66. The minimum Gasteiger partial charge on any atom is -0.359 e. The number of nitrogens with one attached hydrogen (secondary N) is 1. The van der Waals surface area contributed by atoms with Gasteiger partial charge in [-0.1, -0.05) is 30.4 Å². The van der Waals surface area contributed by atoms with Gasteiger partial charge in [-0.15, -0.1) is 0 Å². The first kappa shape index (κ1) is 21.9. The van der Waals surface area contributed by atoms with Crippen LogP contribution in [-0.2, 0) is 9.59 Å². The van der Waals surface area contributed by atoms with Gasteiger partial charge in [-0.05, 0) is 71.1 Å². The van der Waals surface area contributed by atoms with Crippen LogP contribution >= 0.6 is 0 Å². The van der Waals surface area contributed by atoms with Crippen LogP contribution in [0, 0.1) is 17.8 Å². The number of nitrogens with zero attached hydrogens (tertiary/aromatic N) is 1.